The number of nitrogens with zero attached hydrogens (tertiary/aromatic N) is 6. The van der Waals surface area contributed by atoms with Crippen LogP contribution in [-0.2, 0) is 79.4 Å². The van der Waals surface area contributed by atoms with Gasteiger partial charge in [-0.05, 0) is 180 Å². The van der Waals surface area contributed by atoms with Gasteiger partial charge in [0.1, 0.15) is 16.7 Å². The topological polar surface area (TPSA) is 117 Å². The van der Waals surface area contributed by atoms with Crippen molar-refractivity contribution in [2.24, 2.45) is 16.2 Å². The minimum absolute atomic E-state index is 0. The molecule has 22 aromatic rings. The number of fused-ring (bicyclic) bond motifs is 15. The first-order valence-corrected chi connectivity index (χ1v) is 44.7. The van der Waals surface area contributed by atoms with Crippen LogP contribution >= 0.6 is 0 Å². The van der Waals surface area contributed by atoms with Crippen molar-refractivity contribution in [1.82, 2.24) is 29.9 Å². The van der Waals surface area contributed by atoms with Crippen LogP contribution in [0.5, 0.6) is 0 Å². The summed E-state index contributed by atoms with van der Waals surface area (Å²) in [6, 6.07) is 94.8. The molecule has 0 N–H and O–H groups in total. The van der Waals surface area contributed by atoms with Gasteiger partial charge in [-0.2, -0.15) is 39.5 Å². The fraction of sp³-hybridized carbons (Fsp3) is 0.197. The summed E-state index contributed by atoms with van der Waals surface area (Å²) in [4.78, 5) is 24.9. The second-order valence-electron chi connectivity index (χ2n) is 35.1. The minimum Gasteiger partial charge on any atom is -0.500 e. The summed E-state index contributed by atoms with van der Waals surface area (Å²) in [6.45, 7) is -21.6. The SMILES string of the molecule is [2H]C([2H])([2H])c1c[c-]c(-c2cc(C([2H])([2H])[2H])c(C([2H])([2H])[2H])cn2)cc1.[2H]C([2H])([2H])c1c[c-]c(-c2cc(C([2H])([2H])[2H])c(C([2H])([2H])[2H])cn2)cc1-c1ccccc1.[2H]C([2H])([2H])c1ccc(-c2[c-]cccc2)nc1.[2H]C([2H])([2H])c1cnc(-c2[c-]ccc3c2oc2c4ccccc4ccc32)cc1C([2H])([2H])C(C)(C)C(F)(F)F.[2H]C([2H])([2H])c1cnc(-c2[c-]ccc3c2oc2c4ccccc4ccc32)cc1C([2H])([2H])C(C)(C)C(F)(F)F.[2H]C([2H])([2H])c1cnc(-c2[c-]ccc3c2oc2c4ccccc4ccc32)cc1C([2H])([2H])C(C)(C)C(F)(F)F.[Ir].[Ir].[Ir]. The molecule has 757 valence electrons. The fourth-order valence-electron chi connectivity index (χ4n) is 15.7. The van der Waals surface area contributed by atoms with E-state index >= 15 is 0 Å². The monoisotopic (exact) mass is 2550 g/mol. The Bertz CT molecular complexity index is 9540. The number of rotatable bonds is 13. The second-order valence-corrected chi connectivity index (χ2v) is 35.1. The van der Waals surface area contributed by atoms with Gasteiger partial charge in [-0.15, -0.1) is 155 Å². The molecule has 0 amide bonds. The van der Waals surface area contributed by atoms with E-state index in [1.165, 1.54) is 42.6 Å². The van der Waals surface area contributed by atoms with Crippen LogP contribution in [0.1, 0.15) is 163 Å². The quantitative estimate of drug-likeness (QED) is 0.0822. The Morgan fingerprint density at radius 2 is 0.615 bits per heavy atom. The summed E-state index contributed by atoms with van der Waals surface area (Å²) >= 11 is 0. The summed E-state index contributed by atoms with van der Waals surface area (Å²) in [5.41, 5.74) is -5.25. The van der Waals surface area contributed by atoms with Crippen LogP contribution in [0, 0.1) is 121 Å². The van der Waals surface area contributed by atoms with Gasteiger partial charge >= 0.3 is 18.5 Å². The predicted molar refractivity (Wildman–Crippen MR) is 569 cm³/mol. The number of hydrogen-bond acceptors (Lipinski definition) is 9. The molecule has 0 fully saturated rings. The molecular formula is C127H105F9Ir3N6O3-6. The maximum Gasteiger partial charge on any atom is 0.394 e. The van der Waals surface area contributed by atoms with Crippen LogP contribution in [0.2, 0.25) is 0 Å². The van der Waals surface area contributed by atoms with Gasteiger partial charge in [0.05, 0.1) is 33.0 Å². The zero-order valence-electron chi connectivity index (χ0n) is 115. The van der Waals surface area contributed by atoms with Crippen molar-refractivity contribution in [3.05, 3.63) is 419 Å². The number of aromatic nitrogens is 6. The molecule has 0 aliphatic rings. The third-order valence-electron chi connectivity index (χ3n) is 23.9. The standard InChI is InChI=1S/3C27H21F3NO.C20H18N.C14H14N.C12H10N.3Ir/c3*1-16-15-31-23(13-18(16)14-26(2,3)27(28,29)30)22-10-6-9-20-21-12-11-17-7-4-5-8-19(17)24(21)32-25(20)22;1-14-9-10-18(20-11-15(2)16(3)13-21-20)12-19(14)17-7-5-4-6-8-17;1-10-4-6-13(7-5-10)14-8-11(2)12(3)9-15-14;1-10-7-8-12(13-9-10)11-5-3-2-4-6-11;;;/h3*4-9,11-13,15H,14H2,1-3H3;4-9,11-13H,1-3H3;4-6,8-9H,1-3H3;2-5,7-9H,1H3;;;/q6*-1;;;/i3*1D3,14D2;2*1D3,2D3,3D3;1D3;;;. The molecular weight excluding hydrogens is 2410 g/mol. The molecule has 3 radical (unpaired) electrons. The molecule has 13 aromatic carbocycles. The van der Waals surface area contributed by atoms with Gasteiger partial charge in [0.2, 0.25) is 0 Å². The van der Waals surface area contributed by atoms with E-state index in [1.807, 2.05) is 133 Å². The van der Waals surface area contributed by atoms with Crippen LogP contribution in [0.4, 0.5) is 39.5 Å². The van der Waals surface area contributed by atoms with Crippen molar-refractivity contribution in [3.63, 3.8) is 0 Å². The van der Waals surface area contributed by atoms with E-state index in [1.54, 1.807) is 84.9 Å². The summed E-state index contributed by atoms with van der Waals surface area (Å²) in [7, 11) is 0. The Hall–Kier alpha value is -13.7. The van der Waals surface area contributed by atoms with Crippen molar-refractivity contribution >= 4 is 98.1 Å². The molecule has 148 heavy (non-hydrogen) atoms. The fourth-order valence-corrected chi connectivity index (χ4v) is 15.7. The molecule has 0 bridgehead atoms. The largest absolute Gasteiger partial charge is 0.500 e. The van der Waals surface area contributed by atoms with Crippen molar-refractivity contribution < 1.29 is 162 Å². The van der Waals surface area contributed by atoms with Gasteiger partial charge < -0.3 is 43.2 Å². The molecule has 9 aromatic heterocycles. The van der Waals surface area contributed by atoms with Gasteiger partial charge in [0, 0.05) is 179 Å². The Morgan fingerprint density at radius 3 is 0.980 bits per heavy atom. The van der Waals surface area contributed by atoms with Crippen LogP contribution < -0.4 is 0 Å². The van der Waals surface area contributed by atoms with Crippen LogP contribution in [0.3, 0.4) is 0 Å². The van der Waals surface area contributed by atoms with Crippen molar-refractivity contribution in [1.29, 1.82) is 0 Å². The first-order valence-electron chi connectivity index (χ1n) is 62.7. The number of benzene rings is 13. The van der Waals surface area contributed by atoms with Gasteiger partial charge in [-0.3, -0.25) is 0 Å². The average Bonchev–Trinajstić information content (AvgIpc) is 1.62. The van der Waals surface area contributed by atoms with Crippen molar-refractivity contribution in [2.75, 3.05) is 0 Å². The Labute approximate surface area is 947 Å². The molecule has 0 atom stereocenters. The van der Waals surface area contributed by atoms with Gasteiger partial charge in [0.25, 0.3) is 0 Å². The van der Waals surface area contributed by atoms with Crippen LogP contribution in [-0.4, -0.2) is 48.4 Å². The Balaban J connectivity index is 0.000000171. The maximum absolute atomic E-state index is 13.9. The number of pyridine rings is 6. The number of halogens is 9. The van der Waals surface area contributed by atoms with E-state index < -0.39 is 156 Å². The zero-order chi connectivity index (χ0) is 133. The van der Waals surface area contributed by atoms with Gasteiger partial charge in [-0.25, -0.2) is 0 Å². The van der Waals surface area contributed by atoms with E-state index in [0.717, 1.165) is 125 Å². The average molecular weight is 2550 g/mol. The van der Waals surface area contributed by atoms with E-state index in [4.69, 9.17) is 62.6 Å². The number of alkyl halides is 9. The molecule has 0 aliphatic heterocycles. The van der Waals surface area contributed by atoms with Crippen LogP contribution in [0.15, 0.2) is 323 Å². The van der Waals surface area contributed by atoms with Gasteiger partial charge in [-0.1, -0.05) is 287 Å². The molecule has 0 saturated carbocycles. The van der Waals surface area contributed by atoms with E-state index in [2.05, 4.69) is 66.3 Å². The summed E-state index contributed by atoms with van der Waals surface area (Å²) in [6.07, 6.45) is -17.9. The molecule has 0 spiro atoms. The zero-order valence-corrected chi connectivity index (χ0v) is 85.9. The summed E-state index contributed by atoms with van der Waals surface area (Å²) < 4.78 is 423. The molecule has 0 unspecified atom stereocenters. The minimum atomic E-state index is -4.95. The van der Waals surface area contributed by atoms with Crippen LogP contribution in [0.25, 0.3) is 177 Å². The number of furan rings is 3. The molecule has 9 heterocycles. The summed E-state index contributed by atoms with van der Waals surface area (Å²) in [5, 5.41) is 10.1. The smallest absolute Gasteiger partial charge is 0.394 e. The third-order valence-corrected chi connectivity index (χ3v) is 23.9. The van der Waals surface area contributed by atoms with E-state index in [9.17, 15) is 39.5 Å². The van der Waals surface area contributed by atoms with Crippen molar-refractivity contribution in [3.8, 4) is 78.7 Å². The number of aryl methyl sites for hydroxylation is 10. The number of hydrogen-bond donors (Lipinski definition) is 0. The predicted octanol–water partition coefficient (Wildman–Crippen LogP) is 35.6. The maximum atomic E-state index is 13.9. The first-order chi connectivity index (χ1) is 83.6. The van der Waals surface area contributed by atoms with Gasteiger partial charge in [0.15, 0.2) is 0 Å². The molecule has 0 saturated heterocycles. The Morgan fingerprint density at radius 1 is 0.264 bits per heavy atom. The normalized spacial score (nSPS) is 16.5. The second kappa shape index (κ2) is 45.5. The Kier molecular flexibility index (Phi) is 21.8. The van der Waals surface area contributed by atoms with Crippen molar-refractivity contribution in [2.45, 2.75) is 148 Å². The molecule has 21 heteroatoms. The molecule has 0 aliphatic carbocycles. The van der Waals surface area contributed by atoms with E-state index in [0.29, 0.717) is 97.3 Å². The summed E-state index contributed by atoms with van der Waals surface area (Å²) in [5.74, 6) is 0. The first kappa shape index (κ1) is 71.0. The third kappa shape index (κ3) is 24.0. The molecule has 22 rings (SSSR count). The van der Waals surface area contributed by atoms with E-state index in [-0.39, 0.29) is 144 Å². The molecule has 9 nitrogen and oxygen atoms in total.